The predicted octanol–water partition coefficient (Wildman–Crippen LogP) is 5.87. The number of benzene rings is 2. The molecule has 27 heavy (non-hydrogen) atoms. The van der Waals surface area contributed by atoms with Crippen LogP contribution < -0.4 is 5.32 Å². The maximum Gasteiger partial charge on any atom is 0.335 e. The van der Waals surface area contributed by atoms with Gasteiger partial charge in [0.25, 0.3) is 0 Å². The van der Waals surface area contributed by atoms with Crippen molar-refractivity contribution in [1.82, 2.24) is 9.97 Å². The zero-order chi connectivity index (χ0) is 19.0. The quantitative estimate of drug-likeness (QED) is 0.415. The van der Waals surface area contributed by atoms with Gasteiger partial charge in [0.1, 0.15) is 17.0 Å². The van der Waals surface area contributed by atoms with Gasteiger partial charge in [0.15, 0.2) is 0 Å². The second kappa shape index (κ2) is 7.09. The Balaban J connectivity index is 1.83. The van der Waals surface area contributed by atoms with E-state index in [9.17, 15) is 9.90 Å². The summed E-state index contributed by atoms with van der Waals surface area (Å²) in [5, 5.41) is 15.6. The molecule has 0 radical (unpaired) electrons. The predicted molar refractivity (Wildman–Crippen MR) is 112 cm³/mol. The number of fused-ring (bicyclic) bond motifs is 1. The molecule has 5 nitrogen and oxygen atoms in total. The number of nitrogens with one attached hydrogen (secondary N) is 1. The highest BCUT2D eigenvalue weighted by atomic mass is 79.9. The number of carboxylic acid groups (broad SMARTS) is 1. The highest BCUT2D eigenvalue weighted by Crippen LogP contribution is 2.38. The maximum absolute atomic E-state index is 11.3. The summed E-state index contributed by atoms with van der Waals surface area (Å²) in [6, 6.07) is 13.1. The standard InChI is InChI=1S/C20H14BrN3O2S/c1-11-2-3-13(20(25)26)8-16(11)24-18-17-15(9-27-19(17)23-10-22-18)12-4-6-14(21)7-5-12/h2-10H,1H3,(H,25,26)(H,22,23,24). The molecular formula is C20H14BrN3O2S. The number of hydrogen-bond donors (Lipinski definition) is 2. The van der Waals surface area contributed by atoms with Gasteiger partial charge in [-0.15, -0.1) is 11.3 Å². The van der Waals surface area contributed by atoms with Crippen LogP contribution in [0.4, 0.5) is 11.5 Å². The van der Waals surface area contributed by atoms with Gasteiger partial charge < -0.3 is 10.4 Å². The molecule has 2 aromatic carbocycles. The largest absolute Gasteiger partial charge is 0.478 e. The topological polar surface area (TPSA) is 75.1 Å². The van der Waals surface area contributed by atoms with Crippen molar-refractivity contribution in [3.05, 3.63) is 69.8 Å². The van der Waals surface area contributed by atoms with Crippen LogP contribution in [0.3, 0.4) is 0 Å². The first-order valence-electron chi connectivity index (χ1n) is 8.12. The fraction of sp³-hybridized carbons (Fsp3) is 0.0500. The Morgan fingerprint density at radius 1 is 1.15 bits per heavy atom. The molecule has 0 saturated carbocycles. The molecule has 4 aromatic rings. The van der Waals surface area contributed by atoms with E-state index in [4.69, 9.17) is 0 Å². The van der Waals surface area contributed by atoms with Gasteiger partial charge in [-0.05, 0) is 42.3 Å². The van der Waals surface area contributed by atoms with E-state index in [1.165, 1.54) is 6.33 Å². The first kappa shape index (κ1) is 17.6. The molecule has 0 aliphatic carbocycles. The Morgan fingerprint density at radius 2 is 1.93 bits per heavy atom. The van der Waals surface area contributed by atoms with Gasteiger partial charge in [0.2, 0.25) is 0 Å². The molecule has 0 aliphatic heterocycles. The van der Waals surface area contributed by atoms with Crippen molar-refractivity contribution in [3.63, 3.8) is 0 Å². The SMILES string of the molecule is Cc1ccc(C(=O)O)cc1Nc1ncnc2scc(-c3ccc(Br)cc3)c12. The second-order valence-electron chi connectivity index (χ2n) is 6.02. The number of halogens is 1. The van der Waals surface area contributed by atoms with Gasteiger partial charge in [-0.1, -0.05) is 34.1 Å². The fourth-order valence-corrected chi connectivity index (χ4v) is 4.01. The summed E-state index contributed by atoms with van der Waals surface area (Å²) < 4.78 is 1.02. The Hall–Kier alpha value is -2.77. The summed E-state index contributed by atoms with van der Waals surface area (Å²) in [5.74, 6) is -0.304. The van der Waals surface area contributed by atoms with E-state index in [1.807, 2.05) is 31.2 Å². The van der Waals surface area contributed by atoms with Crippen molar-refractivity contribution < 1.29 is 9.90 Å². The number of rotatable bonds is 4. The molecule has 2 N–H and O–H groups in total. The normalized spacial score (nSPS) is 10.9. The van der Waals surface area contributed by atoms with Gasteiger partial charge in [-0.2, -0.15) is 0 Å². The summed E-state index contributed by atoms with van der Waals surface area (Å²) >= 11 is 5.01. The van der Waals surface area contributed by atoms with E-state index in [2.05, 4.69) is 36.6 Å². The lowest BCUT2D eigenvalue weighted by Crippen LogP contribution is -2.01. The van der Waals surface area contributed by atoms with Crippen LogP contribution in [0.5, 0.6) is 0 Å². The smallest absolute Gasteiger partial charge is 0.335 e. The number of anilines is 2. The van der Waals surface area contributed by atoms with Crippen LogP contribution in [-0.4, -0.2) is 21.0 Å². The summed E-state index contributed by atoms with van der Waals surface area (Å²) in [6.07, 6.45) is 1.52. The monoisotopic (exact) mass is 439 g/mol. The van der Waals surface area contributed by atoms with Crippen molar-refractivity contribution in [2.24, 2.45) is 0 Å². The molecule has 2 aromatic heterocycles. The number of hydrogen-bond acceptors (Lipinski definition) is 5. The minimum absolute atomic E-state index is 0.229. The number of carboxylic acids is 1. The third kappa shape index (κ3) is 3.43. The number of aromatic carboxylic acids is 1. The van der Waals surface area contributed by atoms with Gasteiger partial charge in [-0.25, -0.2) is 14.8 Å². The molecule has 0 saturated heterocycles. The lowest BCUT2D eigenvalue weighted by Gasteiger charge is -2.11. The lowest BCUT2D eigenvalue weighted by atomic mass is 10.1. The van der Waals surface area contributed by atoms with E-state index in [0.29, 0.717) is 11.5 Å². The zero-order valence-corrected chi connectivity index (χ0v) is 16.6. The van der Waals surface area contributed by atoms with Crippen molar-refractivity contribution >= 4 is 55.0 Å². The van der Waals surface area contributed by atoms with Crippen LogP contribution >= 0.6 is 27.3 Å². The summed E-state index contributed by atoms with van der Waals surface area (Å²) in [4.78, 5) is 21.0. The Labute approximate surface area is 167 Å². The highest BCUT2D eigenvalue weighted by Gasteiger charge is 2.15. The molecule has 0 amide bonds. The average molecular weight is 440 g/mol. The highest BCUT2D eigenvalue weighted by molar-refractivity contribution is 9.10. The van der Waals surface area contributed by atoms with Crippen LogP contribution in [0.1, 0.15) is 15.9 Å². The van der Waals surface area contributed by atoms with Gasteiger partial charge in [0.05, 0.1) is 10.9 Å². The zero-order valence-electron chi connectivity index (χ0n) is 14.2. The van der Waals surface area contributed by atoms with E-state index < -0.39 is 5.97 Å². The molecule has 0 atom stereocenters. The van der Waals surface area contributed by atoms with Crippen LogP contribution in [0, 0.1) is 6.92 Å². The molecule has 0 fully saturated rings. The van der Waals surface area contributed by atoms with Crippen molar-refractivity contribution in [2.75, 3.05) is 5.32 Å². The Kier molecular flexibility index (Phi) is 4.63. The van der Waals surface area contributed by atoms with E-state index in [0.717, 1.165) is 31.4 Å². The van der Waals surface area contributed by atoms with Crippen LogP contribution in [-0.2, 0) is 0 Å². The number of nitrogens with zero attached hydrogens (tertiary/aromatic N) is 2. The number of carbonyl (C=O) groups is 1. The van der Waals surface area contributed by atoms with E-state index in [1.54, 1.807) is 29.5 Å². The van der Waals surface area contributed by atoms with E-state index in [-0.39, 0.29) is 5.56 Å². The summed E-state index contributed by atoms with van der Waals surface area (Å²) in [7, 11) is 0. The summed E-state index contributed by atoms with van der Waals surface area (Å²) in [6.45, 7) is 1.93. The molecule has 134 valence electrons. The first-order valence-corrected chi connectivity index (χ1v) is 9.79. The Bertz CT molecular complexity index is 1160. The molecule has 2 heterocycles. The van der Waals surface area contributed by atoms with Crippen LogP contribution in [0.15, 0.2) is 58.6 Å². The third-order valence-electron chi connectivity index (χ3n) is 4.26. The van der Waals surface area contributed by atoms with Crippen LogP contribution in [0.25, 0.3) is 21.3 Å². The minimum atomic E-state index is -0.961. The van der Waals surface area contributed by atoms with Crippen molar-refractivity contribution in [2.45, 2.75) is 6.92 Å². The number of thiophene rings is 1. The van der Waals surface area contributed by atoms with Crippen LogP contribution in [0.2, 0.25) is 0 Å². The summed E-state index contributed by atoms with van der Waals surface area (Å²) in [5.41, 5.74) is 3.98. The lowest BCUT2D eigenvalue weighted by molar-refractivity contribution is 0.0697. The molecule has 0 spiro atoms. The molecular weight excluding hydrogens is 426 g/mol. The van der Waals surface area contributed by atoms with E-state index >= 15 is 0 Å². The first-order chi connectivity index (χ1) is 13.0. The second-order valence-corrected chi connectivity index (χ2v) is 7.79. The minimum Gasteiger partial charge on any atom is -0.478 e. The Morgan fingerprint density at radius 3 is 2.67 bits per heavy atom. The molecule has 4 rings (SSSR count). The molecule has 0 unspecified atom stereocenters. The average Bonchev–Trinajstić information content (AvgIpc) is 3.09. The van der Waals surface area contributed by atoms with Gasteiger partial charge >= 0.3 is 5.97 Å². The van der Waals surface area contributed by atoms with Gasteiger partial charge in [0, 0.05) is 21.1 Å². The van der Waals surface area contributed by atoms with Gasteiger partial charge in [-0.3, -0.25) is 0 Å². The molecule has 0 bridgehead atoms. The maximum atomic E-state index is 11.3. The van der Waals surface area contributed by atoms with Crippen molar-refractivity contribution in [3.8, 4) is 11.1 Å². The number of aryl methyl sites for hydroxylation is 1. The molecule has 0 aliphatic rings. The number of aromatic nitrogens is 2. The third-order valence-corrected chi connectivity index (χ3v) is 5.68. The molecule has 7 heteroatoms. The fourth-order valence-electron chi connectivity index (χ4n) is 2.83. The van der Waals surface area contributed by atoms with Crippen molar-refractivity contribution in [1.29, 1.82) is 0 Å².